The van der Waals surface area contributed by atoms with Gasteiger partial charge in [-0.2, -0.15) is 0 Å². The van der Waals surface area contributed by atoms with Crippen molar-refractivity contribution in [1.29, 1.82) is 0 Å². The van der Waals surface area contributed by atoms with E-state index in [9.17, 15) is 9.59 Å². The van der Waals surface area contributed by atoms with Gasteiger partial charge in [0.25, 0.3) is 5.56 Å². The molecule has 0 aliphatic rings. The van der Waals surface area contributed by atoms with Gasteiger partial charge in [0.2, 0.25) is 5.91 Å². The first-order valence-electron chi connectivity index (χ1n) is 11.9. The van der Waals surface area contributed by atoms with Crippen LogP contribution < -0.4 is 10.5 Å². The van der Waals surface area contributed by atoms with Crippen LogP contribution in [0.5, 0.6) is 0 Å². The molecule has 0 fully saturated rings. The van der Waals surface area contributed by atoms with Gasteiger partial charge >= 0.3 is 0 Å². The quantitative estimate of drug-likeness (QED) is 0.190. The highest BCUT2D eigenvalue weighted by Gasteiger charge is 2.28. The van der Waals surface area contributed by atoms with Crippen molar-refractivity contribution in [1.82, 2.24) is 9.55 Å². The minimum absolute atomic E-state index is 0.0677. The van der Waals surface area contributed by atoms with Crippen molar-refractivity contribution in [3.05, 3.63) is 126 Å². The summed E-state index contributed by atoms with van der Waals surface area (Å²) >= 11 is 1.33. The first-order valence-corrected chi connectivity index (χ1v) is 12.7. The van der Waals surface area contributed by atoms with Gasteiger partial charge in [-0.05, 0) is 55.0 Å². The predicted octanol–water partition coefficient (Wildman–Crippen LogP) is 6.62. The molecule has 0 aliphatic heterocycles. The van der Waals surface area contributed by atoms with E-state index in [2.05, 4.69) is 0 Å². The number of thioether (sulfide) groups is 1. The number of amides is 1. The van der Waals surface area contributed by atoms with Crippen LogP contribution in [0.2, 0.25) is 0 Å². The highest BCUT2D eigenvalue weighted by molar-refractivity contribution is 8.00. The van der Waals surface area contributed by atoms with Gasteiger partial charge in [-0.15, -0.1) is 0 Å². The lowest BCUT2D eigenvalue weighted by molar-refractivity contribution is -0.117. The van der Waals surface area contributed by atoms with E-state index in [1.807, 2.05) is 116 Å². The molecule has 178 valence electrons. The van der Waals surface area contributed by atoms with Crippen LogP contribution in [0.3, 0.4) is 0 Å². The highest BCUT2D eigenvalue weighted by atomic mass is 32.2. The summed E-state index contributed by atoms with van der Waals surface area (Å²) in [6, 6.07) is 36.0. The number of carbonyl (C=O) groups is 1. The molecule has 36 heavy (non-hydrogen) atoms. The van der Waals surface area contributed by atoms with Crippen LogP contribution in [-0.4, -0.2) is 20.7 Å². The van der Waals surface area contributed by atoms with Crippen molar-refractivity contribution in [2.24, 2.45) is 0 Å². The normalized spacial score (nSPS) is 11.8. The van der Waals surface area contributed by atoms with Gasteiger partial charge in [0.15, 0.2) is 5.16 Å². The monoisotopic (exact) mass is 491 g/mol. The molecule has 0 spiro atoms. The first kappa shape index (κ1) is 23.6. The number of para-hydroxylation sites is 4. The number of fused-ring (bicyclic) bond motifs is 1. The molecule has 1 atom stereocenters. The molecule has 0 aliphatic carbocycles. The van der Waals surface area contributed by atoms with Crippen LogP contribution in [0.15, 0.2) is 125 Å². The van der Waals surface area contributed by atoms with Crippen molar-refractivity contribution in [3.8, 4) is 5.69 Å². The second kappa shape index (κ2) is 10.6. The van der Waals surface area contributed by atoms with Gasteiger partial charge < -0.3 is 0 Å². The topological polar surface area (TPSA) is 55.2 Å². The Hall–Kier alpha value is -4.16. The third-order valence-corrected chi connectivity index (χ3v) is 7.21. The maximum Gasteiger partial charge on any atom is 0.266 e. The Bertz CT molecular complexity index is 1500. The van der Waals surface area contributed by atoms with Crippen LogP contribution in [0.25, 0.3) is 16.6 Å². The highest BCUT2D eigenvalue weighted by Crippen LogP contribution is 2.33. The van der Waals surface area contributed by atoms with Gasteiger partial charge in [0.1, 0.15) is 0 Å². The number of anilines is 2. The number of carbonyl (C=O) groups excluding carboxylic acids is 1. The Kier molecular flexibility index (Phi) is 6.96. The fourth-order valence-electron chi connectivity index (χ4n) is 4.13. The molecule has 5 aromatic rings. The fraction of sp³-hybridized carbons (Fsp3) is 0.100. The molecular formula is C30H25N3O2S. The predicted molar refractivity (Wildman–Crippen MR) is 147 cm³/mol. The van der Waals surface area contributed by atoms with E-state index in [0.29, 0.717) is 28.2 Å². The Morgan fingerprint density at radius 2 is 1.33 bits per heavy atom. The number of nitrogens with zero attached hydrogens (tertiary/aromatic N) is 3. The summed E-state index contributed by atoms with van der Waals surface area (Å²) in [5, 5.41) is 0.569. The van der Waals surface area contributed by atoms with E-state index in [4.69, 9.17) is 4.98 Å². The second-order valence-electron chi connectivity index (χ2n) is 8.25. The minimum atomic E-state index is -0.464. The number of rotatable bonds is 7. The molecule has 1 aromatic heterocycles. The van der Waals surface area contributed by atoms with E-state index < -0.39 is 5.25 Å². The lowest BCUT2D eigenvalue weighted by Crippen LogP contribution is -2.34. The van der Waals surface area contributed by atoms with Crippen LogP contribution in [-0.2, 0) is 4.79 Å². The molecule has 1 unspecified atom stereocenters. The van der Waals surface area contributed by atoms with E-state index in [1.54, 1.807) is 15.5 Å². The Morgan fingerprint density at radius 3 is 1.92 bits per heavy atom. The summed E-state index contributed by atoms with van der Waals surface area (Å²) < 4.78 is 1.61. The van der Waals surface area contributed by atoms with Crippen LogP contribution in [0.1, 0.15) is 13.3 Å². The maximum atomic E-state index is 14.1. The summed E-state index contributed by atoms with van der Waals surface area (Å²) in [6.07, 6.45) is 0.567. The SMILES string of the molecule is CCC(Sc1nc2ccccc2c(=O)n1-c1ccccc1)C(=O)N(c1ccccc1)c1ccccc1. The molecule has 4 aromatic carbocycles. The Labute approximate surface area is 214 Å². The van der Waals surface area contributed by atoms with Crippen molar-refractivity contribution < 1.29 is 4.79 Å². The van der Waals surface area contributed by atoms with E-state index >= 15 is 0 Å². The number of hydrogen-bond donors (Lipinski definition) is 0. The second-order valence-corrected chi connectivity index (χ2v) is 9.42. The third-order valence-electron chi connectivity index (χ3n) is 5.90. The van der Waals surface area contributed by atoms with Gasteiger partial charge in [-0.25, -0.2) is 4.98 Å². The van der Waals surface area contributed by atoms with Crippen molar-refractivity contribution in [2.45, 2.75) is 23.8 Å². The van der Waals surface area contributed by atoms with Gasteiger partial charge in [-0.1, -0.05) is 85.4 Å². The van der Waals surface area contributed by atoms with Crippen LogP contribution in [0.4, 0.5) is 11.4 Å². The van der Waals surface area contributed by atoms with Crippen molar-refractivity contribution in [2.75, 3.05) is 4.90 Å². The smallest absolute Gasteiger partial charge is 0.266 e. The molecule has 0 bridgehead atoms. The molecule has 6 heteroatoms. The lowest BCUT2D eigenvalue weighted by atomic mass is 10.2. The average Bonchev–Trinajstić information content (AvgIpc) is 2.93. The standard InChI is InChI=1S/C30H25N3O2S/c1-2-27(29(35)32(22-14-6-3-7-15-22)23-16-8-4-9-17-23)36-30-31-26-21-13-12-20-25(26)28(34)33(30)24-18-10-5-11-19-24/h3-21,27H,2H2,1H3. The van der Waals surface area contributed by atoms with E-state index in [-0.39, 0.29) is 11.5 Å². The summed E-state index contributed by atoms with van der Waals surface area (Å²) in [6.45, 7) is 1.98. The van der Waals surface area contributed by atoms with Crippen molar-refractivity contribution >= 4 is 39.9 Å². The summed E-state index contributed by atoms with van der Waals surface area (Å²) in [4.78, 5) is 34.2. The molecule has 5 rings (SSSR count). The summed E-state index contributed by atoms with van der Waals surface area (Å²) in [5.74, 6) is -0.0677. The third kappa shape index (κ3) is 4.68. The zero-order valence-corrected chi connectivity index (χ0v) is 20.6. The Balaban J connectivity index is 1.60. The van der Waals surface area contributed by atoms with Crippen LogP contribution in [0, 0.1) is 0 Å². The molecular weight excluding hydrogens is 466 g/mol. The maximum absolute atomic E-state index is 14.1. The van der Waals surface area contributed by atoms with Crippen molar-refractivity contribution in [3.63, 3.8) is 0 Å². The molecule has 1 heterocycles. The first-order chi connectivity index (χ1) is 17.7. The average molecular weight is 492 g/mol. The van der Waals surface area contributed by atoms with Gasteiger partial charge in [-0.3, -0.25) is 19.1 Å². The van der Waals surface area contributed by atoms with Crippen LogP contribution >= 0.6 is 11.8 Å². The largest absolute Gasteiger partial charge is 0.280 e. The van der Waals surface area contributed by atoms with E-state index in [0.717, 1.165) is 11.4 Å². The molecule has 0 saturated heterocycles. The minimum Gasteiger partial charge on any atom is -0.280 e. The molecule has 0 N–H and O–H groups in total. The Morgan fingerprint density at radius 1 is 0.806 bits per heavy atom. The molecule has 0 saturated carbocycles. The zero-order chi connectivity index (χ0) is 24.9. The number of hydrogen-bond acceptors (Lipinski definition) is 4. The molecule has 1 amide bonds. The zero-order valence-electron chi connectivity index (χ0n) is 19.8. The number of aromatic nitrogens is 2. The molecule has 0 radical (unpaired) electrons. The fourth-order valence-corrected chi connectivity index (χ4v) is 5.21. The van der Waals surface area contributed by atoms with Gasteiger partial charge in [0.05, 0.1) is 21.8 Å². The summed E-state index contributed by atoms with van der Waals surface area (Å²) in [7, 11) is 0. The van der Waals surface area contributed by atoms with E-state index in [1.165, 1.54) is 11.8 Å². The summed E-state index contributed by atoms with van der Waals surface area (Å²) in [5.41, 5.74) is 2.76. The molecule has 5 nitrogen and oxygen atoms in total. The van der Waals surface area contributed by atoms with Gasteiger partial charge in [0, 0.05) is 11.4 Å². The lowest BCUT2D eigenvalue weighted by Gasteiger charge is -2.27. The number of benzene rings is 4.